The molecule has 0 N–H and O–H groups in total. The van der Waals surface area contributed by atoms with Crippen LogP contribution in [0.25, 0.3) is 0 Å². The van der Waals surface area contributed by atoms with E-state index in [4.69, 9.17) is 13.3 Å². The van der Waals surface area contributed by atoms with Gasteiger partial charge in [-0.3, -0.25) is 0 Å². The van der Waals surface area contributed by atoms with Crippen LogP contribution in [0.3, 0.4) is 0 Å². The molecule has 3 nitrogen and oxygen atoms in total. The van der Waals surface area contributed by atoms with Crippen molar-refractivity contribution in [2.75, 3.05) is 19.8 Å². The largest absolute Gasteiger partial charge is 0.505 e. The molecule has 7 heteroatoms. The Morgan fingerprint density at radius 1 is 0.950 bits per heavy atom. The molecule has 0 saturated carbocycles. The van der Waals surface area contributed by atoms with Gasteiger partial charge in [0.25, 0.3) is 0 Å². The number of benzene rings is 1. The lowest BCUT2D eigenvalue weighted by molar-refractivity contribution is -0.164. The van der Waals surface area contributed by atoms with E-state index in [0.29, 0.717) is 0 Å². The van der Waals surface area contributed by atoms with Crippen LogP contribution in [0.5, 0.6) is 0 Å². The molecular weight excluding hydrogens is 289 g/mol. The topological polar surface area (TPSA) is 27.7 Å². The van der Waals surface area contributed by atoms with Crippen LogP contribution in [0.4, 0.5) is 13.2 Å². The van der Waals surface area contributed by atoms with Crippen LogP contribution in [-0.4, -0.2) is 34.8 Å². The van der Waals surface area contributed by atoms with Crippen LogP contribution in [0, 0.1) is 0 Å². The van der Waals surface area contributed by atoms with Gasteiger partial charge in [-0.15, -0.1) is 0 Å². The minimum absolute atomic E-state index is 0.228. The molecule has 0 radical (unpaired) electrons. The summed E-state index contributed by atoms with van der Waals surface area (Å²) in [5, 5.41) is 0. The van der Waals surface area contributed by atoms with Crippen molar-refractivity contribution >= 4 is 8.80 Å². The van der Waals surface area contributed by atoms with Crippen LogP contribution in [0.2, 0.25) is 0 Å². The Labute approximate surface area is 118 Å². The maximum absolute atomic E-state index is 12.4. The summed E-state index contributed by atoms with van der Waals surface area (Å²) >= 11 is 0. The first kappa shape index (κ1) is 17.2. The highest BCUT2D eigenvalue weighted by atomic mass is 28.4. The first-order valence-corrected chi connectivity index (χ1v) is 8.36. The molecule has 0 amide bonds. The highest BCUT2D eigenvalue weighted by Gasteiger charge is 2.44. The zero-order valence-electron chi connectivity index (χ0n) is 11.6. The molecule has 0 atom stereocenters. The second-order valence-corrected chi connectivity index (χ2v) is 6.70. The van der Waals surface area contributed by atoms with Gasteiger partial charge < -0.3 is 13.3 Å². The summed E-state index contributed by atoms with van der Waals surface area (Å²) in [6.07, 6.45) is -4.40. The van der Waals surface area contributed by atoms with E-state index in [1.165, 1.54) is 0 Å². The van der Waals surface area contributed by atoms with Crippen molar-refractivity contribution in [1.82, 2.24) is 0 Å². The van der Waals surface area contributed by atoms with Gasteiger partial charge in [0.1, 0.15) is 6.61 Å². The molecule has 0 unspecified atom stereocenters. The van der Waals surface area contributed by atoms with E-state index in [0.717, 1.165) is 5.56 Å². The molecule has 0 saturated heterocycles. The highest BCUT2D eigenvalue weighted by molar-refractivity contribution is 6.60. The van der Waals surface area contributed by atoms with Gasteiger partial charge in [-0.1, -0.05) is 30.3 Å². The molecular formula is C13H19F3O3Si. The lowest BCUT2D eigenvalue weighted by Gasteiger charge is -2.29. The van der Waals surface area contributed by atoms with E-state index < -0.39 is 21.6 Å². The summed E-state index contributed by atoms with van der Waals surface area (Å²) < 4.78 is 53.2. The molecule has 1 rings (SSSR count). The van der Waals surface area contributed by atoms with Gasteiger partial charge in [0.05, 0.1) is 0 Å². The summed E-state index contributed by atoms with van der Waals surface area (Å²) in [6, 6.07) is 9.33. The Morgan fingerprint density at radius 2 is 1.50 bits per heavy atom. The van der Waals surface area contributed by atoms with Crippen molar-refractivity contribution in [2.45, 2.75) is 26.1 Å². The third kappa shape index (κ3) is 6.04. The van der Waals surface area contributed by atoms with Crippen molar-refractivity contribution in [3.63, 3.8) is 0 Å². The first-order valence-electron chi connectivity index (χ1n) is 6.43. The standard InChI is InChI=1S/C13H19F3O3Si/c1-3-17-20(18-4-2,19-11-13(14,15)16)10-12-8-6-5-7-9-12/h5-9H,3-4,10-11H2,1-2H3. The second-order valence-electron chi connectivity index (χ2n) is 4.12. The highest BCUT2D eigenvalue weighted by Crippen LogP contribution is 2.22. The fraction of sp³-hybridized carbons (Fsp3) is 0.538. The van der Waals surface area contributed by atoms with Crippen molar-refractivity contribution in [1.29, 1.82) is 0 Å². The fourth-order valence-corrected chi connectivity index (χ4v) is 4.31. The van der Waals surface area contributed by atoms with Gasteiger partial charge in [0, 0.05) is 19.3 Å². The van der Waals surface area contributed by atoms with Gasteiger partial charge in [-0.2, -0.15) is 13.2 Å². The molecule has 0 aliphatic carbocycles. The molecule has 0 bridgehead atoms. The van der Waals surface area contributed by atoms with Crippen molar-refractivity contribution < 1.29 is 26.4 Å². The third-order valence-corrected chi connectivity index (χ3v) is 5.33. The molecule has 0 spiro atoms. The quantitative estimate of drug-likeness (QED) is 0.689. The summed E-state index contributed by atoms with van der Waals surface area (Å²) in [5.41, 5.74) is 0.836. The maximum Gasteiger partial charge on any atom is 0.505 e. The van der Waals surface area contributed by atoms with Crippen molar-refractivity contribution in [3.8, 4) is 0 Å². The van der Waals surface area contributed by atoms with E-state index in [1.807, 2.05) is 30.3 Å². The van der Waals surface area contributed by atoms with E-state index >= 15 is 0 Å². The molecule has 1 aromatic carbocycles. The second kappa shape index (κ2) is 7.77. The molecule has 0 fully saturated rings. The van der Waals surface area contributed by atoms with Gasteiger partial charge in [-0.05, 0) is 19.4 Å². The van der Waals surface area contributed by atoms with E-state index in [2.05, 4.69) is 0 Å². The number of hydrogen-bond donors (Lipinski definition) is 0. The Balaban J connectivity index is 2.85. The number of alkyl halides is 3. The average Bonchev–Trinajstić information content (AvgIpc) is 2.37. The van der Waals surface area contributed by atoms with E-state index in [1.54, 1.807) is 13.8 Å². The zero-order valence-corrected chi connectivity index (χ0v) is 12.6. The van der Waals surface area contributed by atoms with Gasteiger partial charge >= 0.3 is 15.0 Å². The molecule has 0 heterocycles. The molecule has 0 aromatic heterocycles. The first-order chi connectivity index (χ1) is 9.41. The van der Waals surface area contributed by atoms with Crippen molar-refractivity contribution in [2.24, 2.45) is 0 Å². The Morgan fingerprint density at radius 3 is 1.95 bits per heavy atom. The van der Waals surface area contributed by atoms with Crippen molar-refractivity contribution in [3.05, 3.63) is 35.9 Å². The summed E-state index contributed by atoms with van der Waals surface area (Å²) in [6.45, 7) is 2.56. The predicted octanol–water partition coefficient (Wildman–Crippen LogP) is 3.36. The summed E-state index contributed by atoms with van der Waals surface area (Å²) in [4.78, 5) is 0. The molecule has 0 aliphatic rings. The van der Waals surface area contributed by atoms with Gasteiger partial charge in [-0.25, -0.2) is 0 Å². The maximum atomic E-state index is 12.4. The molecule has 114 valence electrons. The lowest BCUT2D eigenvalue weighted by Crippen LogP contribution is -2.50. The minimum atomic E-state index is -4.40. The number of rotatable bonds is 8. The summed E-state index contributed by atoms with van der Waals surface area (Å²) in [7, 11) is -3.37. The monoisotopic (exact) mass is 308 g/mol. The third-order valence-electron chi connectivity index (χ3n) is 2.45. The van der Waals surface area contributed by atoms with Crippen LogP contribution in [0.1, 0.15) is 19.4 Å². The van der Waals surface area contributed by atoms with Crippen LogP contribution >= 0.6 is 0 Å². The normalized spacial score (nSPS) is 12.7. The molecule has 20 heavy (non-hydrogen) atoms. The predicted molar refractivity (Wildman–Crippen MR) is 71.2 cm³/mol. The van der Waals surface area contributed by atoms with Crippen LogP contribution < -0.4 is 0 Å². The number of hydrogen-bond acceptors (Lipinski definition) is 3. The zero-order chi connectivity index (χ0) is 15.1. The Hall–Kier alpha value is -0.893. The van der Waals surface area contributed by atoms with Crippen LogP contribution in [0.15, 0.2) is 30.3 Å². The van der Waals surface area contributed by atoms with Crippen LogP contribution in [-0.2, 0) is 19.3 Å². The number of halogens is 3. The molecule has 0 aliphatic heterocycles. The lowest BCUT2D eigenvalue weighted by atomic mass is 10.2. The van der Waals surface area contributed by atoms with Gasteiger partial charge in [0.2, 0.25) is 0 Å². The smallest absolute Gasteiger partial charge is 0.374 e. The average molecular weight is 308 g/mol. The Bertz CT molecular complexity index is 378. The SMILES string of the molecule is CCO[Si](Cc1ccccc1)(OCC)OCC(F)(F)F. The van der Waals surface area contributed by atoms with E-state index in [-0.39, 0.29) is 19.3 Å². The summed E-state index contributed by atoms with van der Waals surface area (Å²) in [5.74, 6) is 0. The Kier molecular flexibility index (Phi) is 6.67. The fourth-order valence-electron chi connectivity index (χ4n) is 1.76. The minimum Gasteiger partial charge on any atom is -0.374 e. The van der Waals surface area contributed by atoms with E-state index in [9.17, 15) is 13.2 Å². The molecule has 1 aromatic rings. The van der Waals surface area contributed by atoms with Gasteiger partial charge in [0.15, 0.2) is 0 Å².